The molecule has 88 valence electrons. The van der Waals surface area contributed by atoms with Crippen LogP contribution in [0.4, 0.5) is 0 Å². The van der Waals surface area contributed by atoms with Gasteiger partial charge in [-0.3, -0.25) is 9.59 Å². The molecule has 1 amide bonds. The van der Waals surface area contributed by atoms with Crippen molar-refractivity contribution in [3.05, 3.63) is 0 Å². The highest BCUT2D eigenvalue weighted by atomic mass is 16.5. The van der Waals surface area contributed by atoms with Crippen LogP contribution in [0, 0.1) is 0 Å². The zero-order chi connectivity index (χ0) is 11.7. The van der Waals surface area contributed by atoms with Gasteiger partial charge in [-0.1, -0.05) is 0 Å². The molecule has 0 aliphatic rings. The Morgan fingerprint density at radius 1 is 1.40 bits per heavy atom. The molecule has 0 saturated heterocycles. The lowest BCUT2D eigenvalue weighted by atomic mass is 10.2. The van der Waals surface area contributed by atoms with Gasteiger partial charge < -0.3 is 26.0 Å². The van der Waals surface area contributed by atoms with Crippen molar-refractivity contribution in [1.82, 2.24) is 5.32 Å². The summed E-state index contributed by atoms with van der Waals surface area (Å²) < 4.78 is 4.87. The third-order valence-electron chi connectivity index (χ3n) is 1.53. The first-order valence-electron chi connectivity index (χ1n) is 4.51. The number of rotatable bonds is 8. The van der Waals surface area contributed by atoms with Gasteiger partial charge in [0.15, 0.2) is 0 Å². The van der Waals surface area contributed by atoms with E-state index in [0.29, 0.717) is 0 Å². The van der Waals surface area contributed by atoms with Crippen LogP contribution < -0.4 is 11.1 Å². The van der Waals surface area contributed by atoms with E-state index >= 15 is 0 Å². The van der Waals surface area contributed by atoms with Gasteiger partial charge in [-0.2, -0.15) is 0 Å². The molecule has 0 saturated carbocycles. The van der Waals surface area contributed by atoms with Crippen molar-refractivity contribution in [3.63, 3.8) is 0 Å². The maximum absolute atomic E-state index is 11.0. The number of hydrogen-bond acceptors (Lipinski definition) is 5. The third kappa shape index (κ3) is 7.86. The second kappa shape index (κ2) is 8.16. The van der Waals surface area contributed by atoms with Crippen LogP contribution in [0.15, 0.2) is 0 Å². The summed E-state index contributed by atoms with van der Waals surface area (Å²) in [6.45, 7) is 0.683. The number of hydrogen-bond donors (Lipinski definition) is 4. The van der Waals surface area contributed by atoms with Crippen LogP contribution in [0.25, 0.3) is 0 Å². The number of aliphatic hydroxyl groups excluding tert-OH is 1. The molecule has 0 bridgehead atoms. The fraction of sp³-hybridized carbons (Fsp3) is 0.750. The smallest absolute Gasteiger partial charge is 0.321 e. The topological polar surface area (TPSA) is 122 Å². The second-order valence-electron chi connectivity index (χ2n) is 2.83. The number of carbonyl (C=O) groups excluding carboxylic acids is 1. The minimum atomic E-state index is -1.21. The fourth-order valence-corrected chi connectivity index (χ4v) is 0.788. The van der Waals surface area contributed by atoms with E-state index < -0.39 is 17.9 Å². The summed E-state index contributed by atoms with van der Waals surface area (Å²) in [5.74, 6) is -1.64. The molecule has 0 rings (SSSR count). The van der Waals surface area contributed by atoms with Crippen LogP contribution in [-0.2, 0) is 14.3 Å². The quantitative estimate of drug-likeness (QED) is 0.348. The van der Waals surface area contributed by atoms with Gasteiger partial charge in [0.25, 0.3) is 0 Å². The van der Waals surface area contributed by atoms with Crippen molar-refractivity contribution < 1.29 is 24.5 Å². The lowest BCUT2D eigenvalue weighted by Crippen LogP contribution is -2.37. The molecule has 15 heavy (non-hydrogen) atoms. The van der Waals surface area contributed by atoms with E-state index in [9.17, 15) is 9.59 Å². The molecule has 0 aliphatic carbocycles. The van der Waals surface area contributed by atoms with Gasteiger partial charge in [0.05, 0.1) is 26.2 Å². The van der Waals surface area contributed by atoms with E-state index in [4.69, 9.17) is 20.7 Å². The zero-order valence-electron chi connectivity index (χ0n) is 8.31. The molecule has 0 aliphatic heterocycles. The van der Waals surface area contributed by atoms with Crippen molar-refractivity contribution >= 4 is 11.9 Å². The van der Waals surface area contributed by atoms with Crippen LogP contribution in [-0.4, -0.2) is 54.5 Å². The normalized spacial score (nSPS) is 12.1. The zero-order valence-corrected chi connectivity index (χ0v) is 8.31. The number of ether oxygens (including phenoxy) is 1. The van der Waals surface area contributed by atoms with E-state index in [1.165, 1.54) is 0 Å². The Morgan fingerprint density at radius 2 is 2.07 bits per heavy atom. The predicted octanol–water partition coefficient (Wildman–Crippen LogP) is -2.09. The average molecular weight is 220 g/mol. The summed E-state index contributed by atoms with van der Waals surface area (Å²) >= 11 is 0. The SMILES string of the molecule is N[C@@H](CC(=O)NCCOCCO)C(=O)O. The summed E-state index contributed by atoms with van der Waals surface area (Å²) in [5, 5.41) is 19.2. The Kier molecular flexibility index (Phi) is 7.51. The van der Waals surface area contributed by atoms with E-state index in [1.54, 1.807) is 0 Å². The Bertz CT molecular complexity index is 209. The molecule has 0 fully saturated rings. The molecule has 0 unspecified atom stereocenters. The minimum absolute atomic E-state index is 0.0716. The van der Waals surface area contributed by atoms with Gasteiger partial charge in [-0.05, 0) is 0 Å². The highest BCUT2D eigenvalue weighted by Crippen LogP contribution is 1.87. The molecule has 7 heteroatoms. The van der Waals surface area contributed by atoms with Crippen molar-refractivity contribution in [2.75, 3.05) is 26.4 Å². The molecule has 5 N–H and O–H groups in total. The number of carboxylic acid groups (broad SMARTS) is 1. The second-order valence-corrected chi connectivity index (χ2v) is 2.83. The molecule has 0 aromatic rings. The molecule has 1 atom stereocenters. The van der Waals surface area contributed by atoms with Crippen molar-refractivity contribution in [1.29, 1.82) is 0 Å². The average Bonchev–Trinajstić information content (AvgIpc) is 2.17. The summed E-state index contributed by atoms with van der Waals surface area (Å²) in [6, 6.07) is -1.18. The molecule has 0 heterocycles. The van der Waals surface area contributed by atoms with E-state index in [-0.39, 0.29) is 32.8 Å². The Labute approximate surface area is 87.2 Å². The molecular weight excluding hydrogens is 204 g/mol. The Hall–Kier alpha value is -1.18. The Morgan fingerprint density at radius 3 is 2.60 bits per heavy atom. The first-order valence-corrected chi connectivity index (χ1v) is 4.51. The number of aliphatic hydroxyl groups is 1. The van der Waals surface area contributed by atoms with Crippen LogP contribution in [0.3, 0.4) is 0 Å². The van der Waals surface area contributed by atoms with Gasteiger partial charge in [0.2, 0.25) is 5.91 Å². The molecule has 0 radical (unpaired) electrons. The summed E-state index contributed by atoms with van der Waals surface area (Å²) in [4.78, 5) is 21.3. The van der Waals surface area contributed by atoms with Crippen molar-refractivity contribution in [2.45, 2.75) is 12.5 Å². The van der Waals surface area contributed by atoms with Gasteiger partial charge in [0, 0.05) is 6.54 Å². The minimum Gasteiger partial charge on any atom is -0.480 e. The lowest BCUT2D eigenvalue weighted by molar-refractivity contribution is -0.140. The fourth-order valence-electron chi connectivity index (χ4n) is 0.788. The van der Waals surface area contributed by atoms with Crippen LogP contribution in [0.1, 0.15) is 6.42 Å². The standard InChI is InChI=1S/C8H16N2O5/c9-6(8(13)14)5-7(12)10-1-3-15-4-2-11/h6,11H,1-5,9H2,(H,10,12)(H,13,14)/t6-/m0/s1. The summed E-state index contributed by atoms with van der Waals surface area (Å²) in [5.41, 5.74) is 5.14. The molecular formula is C8H16N2O5. The highest BCUT2D eigenvalue weighted by molar-refractivity contribution is 5.84. The number of amides is 1. The predicted molar refractivity (Wildman–Crippen MR) is 51.1 cm³/mol. The molecule has 0 aromatic carbocycles. The summed E-state index contributed by atoms with van der Waals surface area (Å²) in [7, 11) is 0. The van der Waals surface area contributed by atoms with E-state index in [0.717, 1.165) is 0 Å². The maximum Gasteiger partial charge on any atom is 0.321 e. The van der Waals surface area contributed by atoms with Crippen LogP contribution in [0.5, 0.6) is 0 Å². The van der Waals surface area contributed by atoms with Crippen LogP contribution in [0.2, 0.25) is 0 Å². The number of carboxylic acids is 1. The van der Waals surface area contributed by atoms with E-state index in [2.05, 4.69) is 5.32 Å². The summed E-state index contributed by atoms with van der Waals surface area (Å²) in [6.07, 6.45) is -0.255. The highest BCUT2D eigenvalue weighted by Gasteiger charge is 2.15. The van der Waals surface area contributed by atoms with Crippen molar-refractivity contribution in [3.8, 4) is 0 Å². The van der Waals surface area contributed by atoms with Gasteiger partial charge in [-0.15, -0.1) is 0 Å². The number of nitrogens with two attached hydrogens (primary N) is 1. The van der Waals surface area contributed by atoms with Gasteiger partial charge >= 0.3 is 5.97 Å². The molecule has 7 nitrogen and oxygen atoms in total. The third-order valence-corrected chi connectivity index (χ3v) is 1.53. The monoisotopic (exact) mass is 220 g/mol. The first kappa shape index (κ1) is 13.8. The first-order chi connectivity index (χ1) is 7.07. The van der Waals surface area contributed by atoms with Crippen molar-refractivity contribution in [2.24, 2.45) is 5.73 Å². The van der Waals surface area contributed by atoms with Gasteiger partial charge in [0.1, 0.15) is 6.04 Å². The molecule has 0 spiro atoms. The maximum atomic E-state index is 11.0. The Balaban J connectivity index is 3.45. The van der Waals surface area contributed by atoms with Gasteiger partial charge in [-0.25, -0.2) is 0 Å². The number of aliphatic carboxylic acids is 1. The molecule has 0 aromatic heterocycles. The number of nitrogens with one attached hydrogen (secondary N) is 1. The number of carbonyl (C=O) groups is 2. The lowest BCUT2D eigenvalue weighted by Gasteiger charge is -2.07. The van der Waals surface area contributed by atoms with Crippen LogP contribution >= 0.6 is 0 Å². The van der Waals surface area contributed by atoms with E-state index in [1.807, 2.05) is 0 Å². The largest absolute Gasteiger partial charge is 0.480 e.